The van der Waals surface area contributed by atoms with E-state index < -0.39 is 0 Å². The molecule has 1 N–H and O–H groups in total. The van der Waals surface area contributed by atoms with Crippen LogP contribution in [0.25, 0.3) is 0 Å². The normalized spacial score (nSPS) is 33.9. The maximum absolute atomic E-state index is 12.0. The number of methoxy groups -OCH3 is 1. The minimum absolute atomic E-state index is 0.0727. The van der Waals surface area contributed by atoms with Crippen molar-refractivity contribution in [3.05, 3.63) is 0 Å². The summed E-state index contributed by atoms with van der Waals surface area (Å²) in [4.78, 5) is 24.6. The third-order valence-corrected chi connectivity index (χ3v) is 4.05. The lowest BCUT2D eigenvalue weighted by molar-refractivity contribution is -0.148. The first-order chi connectivity index (χ1) is 8.61. The number of nitrogens with one attached hydrogen (secondary N) is 1. The molecule has 3 atom stereocenters. The van der Waals surface area contributed by atoms with E-state index >= 15 is 0 Å². The first-order valence-corrected chi connectivity index (χ1v) is 6.71. The predicted octanol–water partition coefficient (Wildman–Crippen LogP) is 0.681. The van der Waals surface area contributed by atoms with Gasteiger partial charge in [0.25, 0.3) is 0 Å². The Kier molecular flexibility index (Phi) is 4.35. The van der Waals surface area contributed by atoms with Crippen molar-refractivity contribution in [3.8, 4) is 0 Å². The van der Waals surface area contributed by atoms with Crippen molar-refractivity contribution in [1.29, 1.82) is 0 Å². The number of likely N-dealkylation sites (tertiary alicyclic amines) is 1. The molecular weight excluding hydrogens is 232 g/mol. The molecule has 18 heavy (non-hydrogen) atoms. The second kappa shape index (κ2) is 5.80. The van der Waals surface area contributed by atoms with Crippen LogP contribution in [0.5, 0.6) is 0 Å². The number of carbonyl (C=O) groups excluding carboxylic acids is 2. The van der Waals surface area contributed by atoms with Gasteiger partial charge in [-0.15, -0.1) is 0 Å². The first-order valence-electron chi connectivity index (χ1n) is 6.71. The van der Waals surface area contributed by atoms with Gasteiger partial charge in [-0.25, -0.2) is 0 Å². The SMILES string of the molecule is COC1CCCC(NC2CCC(=O)N(C)C2=O)C1. The lowest BCUT2D eigenvalue weighted by Crippen LogP contribution is -2.54. The smallest absolute Gasteiger partial charge is 0.246 e. The van der Waals surface area contributed by atoms with E-state index in [1.807, 2.05) is 0 Å². The van der Waals surface area contributed by atoms with Gasteiger partial charge in [-0.1, -0.05) is 0 Å². The van der Waals surface area contributed by atoms with E-state index in [0.29, 0.717) is 25.0 Å². The molecule has 0 aromatic carbocycles. The maximum Gasteiger partial charge on any atom is 0.246 e. The van der Waals surface area contributed by atoms with Gasteiger partial charge < -0.3 is 10.1 Å². The fourth-order valence-corrected chi connectivity index (χ4v) is 2.87. The Morgan fingerprint density at radius 3 is 2.78 bits per heavy atom. The second-order valence-corrected chi connectivity index (χ2v) is 5.27. The van der Waals surface area contributed by atoms with Crippen LogP contribution in [-0.4, -0.2) is 49.1 Å². The number of carbonyl (C=O) groups is 2. The maximum atomic E-state index is 12.0. The molecule has 1 aliphatic heterocycles. The summed E-state index contributed by atoms with van der Waals surface area (Å²) in [6.07, 6.45) is 5.65. The van der Waals surface area contributed by atoms with Gasteiger partial charge in [-0.2, -0.15) is 0 Å². The minimum Gasteiger partial charge on any atom is -0.381 e. The molecule has 1 heterocycles. The summed E-state index contributed by atoms with van der Waals surface area (Å²) in [7, 11) is 3.31. The number of hydrogen-bond acceptors (Lipinski definition) is 4. The summed E-state index contributed by atoms with van der Waals surface area (Å²) >= 11 is 0. The molecule has 5 heteroatoms. The topological polar surface area (TPSA) is 58.6 Å². The molecule has 2 amide bonds. The Labute approximate surface area is 108 Å². The van der Waals surface area contributed by atoms with Crippen LogP contribution < -0.4 is 5.32 Å². The number of rotatable bonds is 3. The number of likely N-dealkylation sites (N-methyl/N-ethyl adjacent to an activating group) is 1. The van der Waals surface area contributed by atoms with E-state index in [1.54, 1.807) is 14.2 Å². The van der Waals surface area contributed by atoms with E-state index in [1.165, 1.54) is 4.90 Å². The summed E-state index contributed by atoms with van der Waals surface area (Å²) in [6, 6.07) is 0.132. The third kappa shape index (κ3) is 2.90. The van der Waals surface area contributed by atoms with Gasteiger partial charge >= 0.3 is 0 Å². The van der Waals surface area contributed by atoms with Crippen LogP contribution in [0, 0.1) is 0 Å². The molecule has 0 bridgehead atoms. The summed E-state index contributed by atoms with van der Waals surface area (Å²) < 4.78 is 5.39. The zero-order valence-corrected chi connectivity index (χ0v) is 11.1. The molecule has 0 aromatic heterocycles. The van der Waals surface area contributed by atoms with Crippen molar-refractivity contribution in [1.82, 2.24) is 10.2 Å². The van der Waals surface area contributed by atoms with Crippen LogP contribution >= 0.6 is 0 Å². The Morgan fingerprint density at radius 1 is 1.28 bits per heavy atom. The Bertz CT molecular complexity index is 332. The van der Waals surface area contributed by atoms with Crippen LogP contribution in [-0.2, 0) is 14.3 Å². The average Bonchev–Trinajstić information content (AvgIpc) is 2.40. The molecule has 102 valence electrons. The highest BCUT2D eigenvalue weighted by Gasteiger charge is 2.34. The molecule has 1 saturated carbocycles. The molecule has 0 aromatic rings. The Morgan fingerprint density at radius 2 is 2.06 bits per heavy atom. The molecule has 3 unspecified atom stereocenters. The summed E-state index contributed by atoms with van der Waals surface area (Å²) in [5.74, 6) is -0.165. The quantitative estimate of drug-likeness (QED) is 0.753. The second-order valence-electron chi connectivity index (χ2n) is 5.27. The van der Waals surface area contributed by atoms with Crippen molar-refractivity contribution >= 4 is 11.8 Å². The number of imide groups is 1. The van der Waals surface area contributed by atoms with E-state index in [0.717, 1.165) is 25.7 Å². The van der Waals surface area contributed by atoms with Crippen molar-refractivity contribution in [2.24, 2.45) is 0 Å². The summed E-state index contributed by atoms with van der Waals surface area (Å²) in [6.45, 7) is 0. The molecule has 0 radical (unpaired) electrons. The zero-order valence-electron chi connectivity index (χ0n) is 11.1. The summed E-state index contributed by atoms with van der Waals surface area (Å²) in [5, 5.41) is 3.40. The van der Waals surface area contributed by atoms with Gasteiger partial charge in [0.2, 0.25) is 11.8 Å². The minimum atomic E-state index is -0.201. The monoisotopic (exact) mass is 254 g/mol. The molecule has 1 aliphatic carbocycles. The molecule has 2 aliphatic rings. The van der Waals surface area contributed by atoms with E-state index in [-0.39, 0.29) is 17.9 Å². The highest BCUT2D eigenvalue weighted by Crippen LogP contribution is 2.22. The molecular formula is C13H22N2O3. The van der Waals surface area contributed by atoms with Crippen molar-refractivity contribution in [3.63, 3.8) is 0 Å². The largest absolute Gasteiger partial charge is 0.381 e. The van der Waals surface area contributed by atoms with Gasteiger partial charge in [0.05, 0.1) is 12.1 Å². The van der Waals surface area contributed by atoms with Crippen LogP contribution in [0.15, 0.2) is 0 Å². The lowest BCUT2D eigenvalue weighted by atomic mass is 9.91. The van der Waals surface area contributed by atoms with Crippen molar-refractivity contribution in [2.75, 3.05) is 14.2 Å². The van der Waals surface area contributed by atoms with Crippen LogP contribution in [0.4, 0.5) is 0 Å². The lowest BCUT2D eigenvalue weighted by Gasteiger charge is -2.34. The number of piperidine rings is 1. The highest BCUT2D eigenvalue weighted by molar-refractivity contribution is 6.00. The van der Waals surface area contributed by atoms with E-state index in [2.05, 4.69) is 5.32 Å². The van der Waals surface area contributed by atoms with Crippen molar-refractivity contribution in [2.45, 2.75) is 56.7 Å². The summed E-state index contributed by atoms with van der Waals surface area (Å²) in [5.41, 5.74) is 0. The van der Waals surface area contributed by atoms with Crippen LogP contribution in [0.2, 0.25) is 0 Å². The van der Waals surface area contributed by atoms with Crippen LogP contribution in [0.3, 0.4) is 0 Å². The number of hydrogen-bond donors (Lipinski definition) is 1. The molecule has 2 fully saturated rings. The van der Waals surface area contributed by atoms with Gasteiger partial charge in [0.15, 0.2) is 0 Å². The predicted molar refractivity (Wildman–Crippen MR) is 67.0 cm³/mol. The zero-order chi connectivity index (χ0) is 13.1. The number of nitrogens with zero attached hydrogens (tertiary/aromatic N) is 1. The molecule has 1 saturated heterocycles. The van der Waals surface area contributed by atoms with E-state index in [4.69, 9.17) is 4.74 Å². The van der Waals surface area contributed by atoms with Gasteiger partial charge in [-0.05, 0) is 32.1 Å². The Hall–Kier alpha value is -0.940. The first kappa shape index (κ1) is 13.5. The number of amides is 2. The fourth-order valence-electron chi connectivity index (χ4n) is 2.87. The molecule has 5 nitrogen and oxygen atoms in total. The van der Waals surface area contributed by atoms with Crippen LogP contribution in [0.1, 0.15) is 38.5 Å². The third-order valence-electron chi connectivity index (χ3n) is 4.05. The fraction of sp³-hybridized carbons (Fsp3) is 0.846. The Balaban J connectivity index is 1.89. The standard InChI is InChI=1S/C13H22N2O3/c1-15-12(16)7-6-11(13(15)17)14-9-4-3-5-10(8-9)18-2/h9-11,14H,3-8H2,1-2H3. The van der Waals surface area contributed by atoms with Gasteiger partial charge in [0, 0.05) is 26.6 Å². The molecule has 2 rings (SSSR count). The van der Waals surface area contributed by atoms with Gasteiger partial charge in [-0.3, -0.25) is 14.5 Å². The molecule has 0 spiro atoms. The number of ether oxygens (including phenoxy) is 1. The van der Waals surface area contributed by atoms with Gasteiger partial charge in [0.1, 0.15) is 0 Å². The van der Waals surface area contributed by atoms with E-state index in [9.17, 15) is 9.59 Å². The average molecular weight is 254 g/mol. The van der Waals surface area contributed by atoms with Crippen molar-refractivity contribution < 1.29 is 14.3 Å². The highest BCUT2D eigenvalue weighted by atomic mass is 16.5.